The highest BCUT2D eigenvalue weighted by Gasteiger charge is 2.34. The van der Waals surface area contributed by atoms with Gasteiger partial charge in [-0.05, 0) is 122 Å². The van der Waals surface area contributed by atoms with E-state index in [2.05, 4.69) is 9.98 Å². The molecule has 0 radical (unpaired) electrons. The van der Waals surface area contributed by atoms with Crippen LogP contribution >= 0.6 is 0 Å². The molecule has 0 atom stereocenters. The monoisotopic (exact) mass is 921 g/mol. The molecule has 352 valence electrons. The van der Waals surface area contributed by atoms with Crippen LogP contribution in [-0.4, -0.2) is 83.1 Å². The molecule has 0 unspecified atom stereocenters. The molecule has 4 aliphatic heterocycles. The third-order valence-corrected chi connectivity index (χ3v) is 12.2. The summed E-state index contributed by atoms with van der Waals surface area (Å²) in [6.07, 6.45) is 5.56. The number of rotatable bonds is 10. The molecule has 0 saturated carbocycles. The Morgan fingerprint density at radius 1 is 0.485 bits per heavy atom. The number of allylic oxidation sites excluding steroid dienone is 1. The second-order valence-electron chi connectivity index (χ2n) is 16.7. The predicted octanol–water partition coefficient (Wildman–Crippen LogP) is 4.91. The lowest BCUT2D eigenvalue weighted by molar-refractivity contribution is -0.120. The van der Waals surface area contributed by atoms with Crippen LogP contribution in [0.3, 0.4) is 0 Å². The first-order valence-corrected chi connectivity index (χ1v) is 22.6. The van der Waals surface area contributed by atoms with E-state index >= 15 is 0 Å². The Bertz CT molecular complexity index is 2520. The minimum Gasteiger partial charge on any atom is -0.396 e. The van der Waals surface area contributed by atoms with Crippen molar-refractivity contribution in [2.24, 2.45) is 27.2 Å². The van der Waals surface area contributed by atoms with E-state index in [0.29, 0.717) is 91.3 Å². The number of nitrogens with zero attached hydrogens (tertiary/aromatic N) is 6. The van der Waals surface area contributed by atoms with Crippen molar-refractivity contribution in [2.75, 3.05) is 45.8 Å². The second-order valence-corrected chi connectivity index (χ2v) is 16.7. The summed E-state index contributed by atoms with van der Waals surface area (Å²) in [5.41, 5.74) is 23.6. The molecule has 5 amide bonds. The van der Waals surface area contributed by atoms with Crippen molar-refractivity contribution in [2.45, 2.75) is 71.5 Å². The zero-order valence-corrected chi connectivity index (χ0v) is 37.9. The third kappa shape index (κ3) is 10.9. The fourth-order valence-corrected chi connectivity index (χ4v) is 8.40. The average Bonchev–Trinajstić information content (AvgIpc) is 3.36. The number of piperidine rings is 4. The van der Waals surface area contributed by atoms with Gasteiger partial charge in [-0.1, -0.05) is 24.3 Å². The quantitative estimate of drug-likeness (QED) is 0.134. The summed E-state index contributed by atoms with van der Waals surface area (Å²) in [4.78, 5) is 90.9. The summed E-state index contributed by atoms with van der Waals surface area (Å²) in [5.74, 6) is -1.65. The maximum absolute atomic E-state index is 13.5. The van der Waals surface area contributed by atoms with E-state index in [4.69, 9.17) is 17.2 Å². The topological polar surface area (TPSA) is 259 Å². The van der Waals surface area contributed by atoms with Crippen LogP contribution in [0.1, 0.15) is 69.4 Å². The Labute approximate surface area is 393 Å². The SMILES string of the molecule is CC(=O)C(N)=C1CCN(c2ccc(N3CCCCC3=O)cc2)C(=O)C1=Nc1ccc(CO)cc1.NC(=O)C(N)=C1CCN(c2ccc(N3CCCCC3=O)cc2)C(=O)C1=Nc1ccc(CO)cc1. The van der Waals surface area contributed by atoms with Gasteiger partial charge in [0.05, 0.1) is 30.3 Å². The lowest BCUT2D eigenvalue weighted by Crippen LogP contribution is -2.44. The third-order valence-electron chi connectivity index (χ3n) is 12.2. The molecule has 4 aliphatic rings. The maximum Gasteiger partial charge on any atom is 0.277 e. The first-order valence-electron chi connectivity index (χ1n) is 22.6. The summed E-state index contributed by atoms with van der Waals surface area (Å²) < 4.78 is 0. The van der Waals surface area contributed by atoms with Gasteiger partial charge in [0.1, 0.15) is 17.1 Å². The van der Waals surface area contributed by atoms with Gasteiger partial charge in [0.2, 0.25) is 11.8 Å². The fraction of sp³-hybridized carbons (Fsp3) is 0.294. The number of hydrogen-bond acceptors (Lipinski definition) is 12. The van der Waals surface area contributed by atoms with Crippen molar-refractivity contribution in [1.82, 2.24) is 0 Å². The van der Waals surface area contributed by atoms with Gasteiger partial charge in [-0.15, -0.1) is 0 Å². The highest BCUT2D eigenvalue weighted by Crippen LogP contribution is 2.31. The number of aliphatic hydroxyl groups is 2. The Hall–Kier alpha value is -7.76. The van der Waals surface area contributed by atoms with Crippen molar-refractivity contribution in [3.05, 3.63) is 131 Å². The predicted molar refractivity (Wildman–Crippen MR) is 260 cm³/mol. The summed E-state index contributed by atoms with van der Waals surface area (Å²) >= 11 is 0. The first-order chi connectivity index (χ1) is 32.8. The molecule has 17 nitrogen and oxygen atoms in total. The largest absolute Gasteiger partial charge is 0.396 e. The minimum absolute atomic E-state index is 0.0395. The van der Waals surface area contributed by atoms with Crippen molar-refractivity contribution in [3.63, 3.8) is 0 Å². The zero-order chi connectivity index (χ0) is 48.5. The summed E-state index contributed by atoms with van der Waals surface area (Å²) in [7, 11) is 0. The maximum atomic E-state index is 13.5. The van der Waals surface area contributed by atoms with Gasteiger partial charge in [-0.25, -0.2) is 9.98 Å². The molecule has 0 aliphatic carbocycles. The van der Waals surface area contributed by atoms with Crippen LogP contribution in [0.5, 0.6) is 0 Å². The van der Waals surface area contributed by atoms with Crippen LogP contribution in [0, 0.1) is 0 Å². The van der Waals surface area contributed by atoms with Gasteiger partial charge >= 0.3 is 0 Å². The molecular weight excluding hydrogens is 867 g/mol. The number of aliphatic imine (C=N–C) groups is 2. The summed E-state index contributed by atoms with van der Waals surface area (Å²) in [5, 5.41) is 18.5. The molecule has 17 heteroatoms. The Balaban J connectivity index is 0.000000201. The number of primary amides is 1. The smallest absolute Gasteiger partial charge is 0.277 e. The lowest BCUT2D eigenvalue weighted by Gasteiger charge is -2.31. The number of anilines is 4. The number of benzene rings is 4. The van der Waals surface area contributed by atoms with E-state index in [0.717, 1.165) is 42.6 Å². The van der Waals surface area contributed by atoms with Crippen LogP contribution in [0.2, 0.25) is 0 Å². The van der Waals surface area contributed by atoms with E-state index in [1.165, 1.54) is 6.92 Å². The molecule has 0 aromatic heterocycles. The van der Waals surface area contributed by atoms with Crippen LogP contribution in [0.25, 0.3) is 0 Å². The standard InChI is InChI=1S/C26H28N4O4.C25H27N5O4/c1-17(32)24(27)22-13-15-30(26(34)25(22)28-19-7-5-18(16-31)6-8-19)21-11-9-20(10-12-21)29-14-3-2-4-23(29)33;26-22(24(27)33)20-12-14-30(25(34)23(20)28-17-6-4-16(15-31)5-7-17)19-10-8-18(9-11-19)29-13-2-1-3-21(29)32/h5-12,31H,2-4,13-16,27H2,1H3;4-11,31H,1-3,12-15,26H2,(H2,27,33). The Morgan fingerprint density at radius 3 is 1.16 bits per heavy atom. The fourth-order valence-electron chi connectivity index (χ4n) is 8.40. The van der Waals surface area contributed by atoms with E-state index < -0.39 is 11.8 Å². The molecule has 0 spiro atoms. The number of aliphatic hydroxyl groups excluding tert-OH is 2. The number of nitrogens with two attached hydrogens (primary N) is 3. The van der Waals surface area contributed by atoms with Crippen LogP contribution in [0.4, 0.5) is 34.1 Å². The normalized spacial score (nSPS) is 19.5. The summed E-state index contributed by atoms with van der Waals surface area (Å²) in [6.45, 7) is 3.21. The Morgan fingerprint density at radius 2 is 0.838 bits per heavy atom. The van der Waals surface area contributed by atoms with Crippen LogP contribution in [0.15, 0.2) is 130 Å². The molecule has 0 bridgehead atoms. The molecule has 4 aromatic rings. The van der Waals surface area contributed by atoms with E-state index in [9.17, 15) is 39.0 Å². The van der Waals surface area contributed by atoms with Gasteiger partial charge in [-0.3, -0.25) is 28.8 Å². The zero-order valence-electron chi connectivity index (χ0n) is 37.9. The number of carbonyl (C=O) groups excluding carboxylic acids is 6. The molecule has 4 saturated heterocycles. The van der Waals surface area contributed by atoms with Gasteiger partial charge in [0.25, 0.3) is 17.7 Å². The molecular formula is C51H55N9O8. The molecule has 8 N–H and O–H groups in total. The van der Waals surface area contributed by atoms with Gasteiger partial charge in [0.15, 0.2) is 5.78 Å². The molecule has 4 fully saturated rings. The van der Waals surface area contributed by atoms with Crippen molar-refractivity contribution in [3.8, 4) is 0 Å². The first kappa shape index (κ1) is 48.2. The van der Waals surface area contributed by atoms with E-state index in [1.54, 1.807) is 80.3 Å². The number of ketones is 1. The molecule has 8 rings (SSSR count). The minimum atomic E-state index is -0.810. The number of Topliss-reactive ketones (excluding diaryl/α,β-unsaturated/α-hetero) is 1. The number of hydrogen-bond donors (Lipinski definition) is 5. The van der Waals surface area contributed by atoms with Gasteiger partial charge in [0, 0.05) is 79.8 Å². The number of carbonyl (C=O) groups is 6. The van der Waals surface area contributed by atoms with Crippen LogP contribution in [-0.2, 0) is 42.0 Å². The van der Waals surface area contributed by atoms with Crippen molar-refractivity contribution in [1.29, 1.82) is 0 Å². The number of amides is 5. The van der Waals surface area contributed by atoms with E-state index in [1.807, 2.05) is 36.4 Å². The molecule has 4 aromatic carbocycles. The lowest BCUT2D eigenvalue weighted by atomic mass is 9.96. The average molecular weight is 922 g/mol. The van der Waals surface area contributed by atoms with Crippen molar-refractivity contribution < 1.29 is 39.0 Å². The van der Waals surface area contributed by atoms with Crippen LogP contribution < -0.4 is 36.8 Å². The highest BCUT2D eigenvalue weighted by atomic mass is 16.3. The van der Waals surface area contributed by atoms with E-state index in [-0.39, 0.29) is 59.5 Å². The Kier molecular flexibility index (Phi) is 15.4. The van der Waals surface area contributed by atoms with Gasteiger partial charge < -0.3 is 47.0 Å². The second kappa shape index (κ2) is 21.7. The molecule has 4 heterocycles. The van der Waals surface area contributed by atoms with Gasteiger partial charge in [-0.2, -0.15) is 0 Å². The highest BCUT2D eigenvalue weighted by molar-refractivity contribution is 6.52. The summed E-state index contributed by atoms with van der Waals surface area (Å²) in [6, 6.07) is 28.2. The molecule has 68 heavy (non-hydrogen) atoms. The van der Waals surface area contributed by atoms with Crippen molar-refractivity contribution >= 4 is 80.9 Å².